The van der Waals surface area contributed by atoms with Crippen LogP contribution in [0, 0.1) is 0 Å². The van der Waals surface area contributed by atoms with E-state index in [0.717, 1.165) is 5.56 Å². The highest BCUT2D eigenvalue weighted by Crippen LogP contribution is 2.40. The summed E-state index contributed by atoms with van der Waals surface area (Å²) in [4.78, 5) is 25.4. The Kier molecular flexibility index (Phi) is 5.68. The number of benzene rings is 2. The van der Waals surface area contributed by atoms with E-state index in [2.05, 4.69) is 5.32 Å². The van der Waals surface area contributed by atoms with E-state index >= 15 is 0 Å². The van der Waals surface area contributed by atoms with Crippen LogP contribution in [-0.4, -0.2) is 40.0 Å². The van der Waals surface area contributed by atoms with Gasteiger partial charge in [-0.25, -0.2) is 4.79 Å². The first kappa shape index (κ1) is 20.5. The van der Waals surface area contributed by atoms with Gasteiger partial charge in [0.15, 0.2) is 23.0 Å². The summed E-state index contributed by atoms with van der Waals surface area (Å²) in [6.07, 6.45) is 0. The van der Waals surface area contributed by atoms with Gasteiger partial charge in [0.1, 0.15) is 10.6 Å². The quantitative estimate of drug-likeness (QED) is 0.573. The SMILES string of the molecule is COC(=O)c1c(-c2ccc(OC)c(OC)c2)csc1NC(=O)c1ccc2c(c1)OCO2. The van der Waals surface area contributed by atoms with Crippen LogP contribution in [0.5, 0.6) is 23.0 Å². The van der Waals surface area contributed by atoms with E-state index in [4.69, 9.17) is 23.7 Å². The topological polar surface area (TPSA) is 92.3 Å². The Hall–Kier alpha value is -3.72. The Morgan fingerprint density at radius 1 is 0.968 bits per heavy atom. The van der Waals surface area contributed by atoms with Crippen LogP contribution in [0.3, 0.4) is 0 Å². The average Bonchev–Trinajstić information content (AvgIpc) is 3.44. The minimum absolute atomic E-state index is 0.118. The molecule has 0 atom stereocenters. The standard InChI is InChI=1S/C22H19NO7S/c1-26-15-6-4-12(8-17(15)27-2)14-10-31-21(19(14)22(25)28-3)23-20(24)13-5-7-16-18(9-13)30-11-29-16/h4-10H,11H2,1-3H3,(H,23,24). The Morgan fingerprint density at radius 2 is 1.74 bits per heavy atom. The summed E-state index contributed by atoms with van der Waals surface area (Å²) in [5.74, 6) is 1.22. The molecular formula is C22H19NO7S. The molecule has 0 radical (unpaired) electrons. The third-order valence-electron chi connectivity index (χ3n) is 4.74. The van der Waals surface area contributed by atoms with Crippen molar-refractivity contribution >= 4 is 28.2 Å². The molecule has 1 amide bonds. The van der Waals surface area contributed by atoms with Gasteiger partial charge in [0.2, 0.25) is 6.79 Å². The van der Waals surface area contributed by atoms with Crippen LogP contribution < -0.4 is 24.3 Å². The maximum Gasteiger partial charge on any atom is 0.341 e. The second-order valence-electron chi connectivity index (χ2n) is 6.44. The van der Waals surface area contributed by atoms with Gasteiger partial charge in [-0.05, 0) is 35.9 Å². The van der Waals surface area contributed by atoms with E-state index in [0.29, 0.717) is 39.1 Å². The van der Waals surface area contributed by atoms with Crippen molar-refractivity contribution in [3.8, 4) is 34.1 Å². The van der Waals surface area contributed by atoms with Gasteiger partial charge in [-0.2, -0.15) is 0 Å². The van der Waals surface area contributed by atoms with Crippen molar-refractivity contribution in [2.45, 2.75) is 0 Å². The molecule has 1 aromatic heterocycles. The number of rotatable bonds is 6. The number of nitrogens with one attached hydrogen (secondary N) is 1. The molecule has 8 nitrogen and oxygen atoms in total. The Bertz CT molecular complexity index is 1150. The largest absolute Gasteiger partial charge is 0.493 e. The van der Waals surface area contributed by atoms with E-state index in [1.54, 1.807) is 48.9 Å². The fourth-order valence-corrected chi connectivity index (χ4v) is 4.14. The van der Waals surface area contributed by atoms with Crippen LogP contribution in [0.25, 0.3) is 11.1 Å². The van der Waals surface area contributed by atoms with Gasteiger partial charge in [-0.1, -0.05) is 6.07 Å². The van der Waals surface area contributed by atoms with Crippen LogP contribution >= 0.6 is 11.3 Å². The first-order chi connectivity index (χ1) is 15.0. The maximum absolute atomic E-state index is 12.8. The highest BCUT2D eigenvalue weighted by atomic mass is 32.1. The summed E-state index contributed by atoms with van der Waals surface area (Å²) in [5.41, 5.74) is 1.96. The second kappa shape index (κ2) is 8.57. The molecule has 1 aliphatic heterocycles. The van der Waals surface area contributed by atoms with Gasteiger partial charge in [0, 0.05) is 16.5 Å². The number of hydrogen-bond donors (Lipinski definition) is 1. The molecule has 0 aliphatic carbocycles. The van der Waals surface area contributed by atoms with Gasteiger partial charge in [-0.3, -0.25) is 4.79 Å². The molecule has 1 aliphatic rings. The summed E-state index contributed by atoms with van der Waals surface area (Å²) in [6, 6.07) is 10.2. The first-order valence-corrected chi connectivity index (χ1v) is 10.1. The van der Waals surface area contributed by atoms with E-state index in [1.165, 1.54) is 25.6 Å². The predicted molar refractivity (Wildman–Crippen MR) is 115 cm³/mol. The number of hydrogen-bond acceptors (Lipinski definition) is 8. The maximum atomic E-state index is 12.8. The van der Waals surface area contributed by atoms with Gasteiger partial charge in [0.25, 0.3) is 5.91 Å². The molecule has 0 saturated carbocycles. The third kappa shape index (κ3) is 3.87. The summed E-state index contributed by atoms with van der Waals surface area (Å²) in [5, 5.41) is 4.96. The lowest BCUT2D eigenvalue weighted by Crippen LogP contribution is -2.14. The van der Waals surface area contributed by atoms with Crippen LogP contribution in [0.2, 0.25) is 0 Å². The van der Waals surface area contributed by atoms with E-state index in [9.17, 15) is 9.59 Å². The molecule has 4 rings (SSSR count). The Labute approximate surface area is 182 Å². The average molecular weight is 441 g/mol. The normalized spacial score (nSPS) is 11.7. The van der Waals surface area contributed by atoms with Crippen molar-refractivity contribution in [3.05, 3.63) is 52.9 Å². The fourth-order valence-electron chi connectivity index (χ4n) is 3.18. The van der Waals surface area contributed by atoms with Crippen LogP contribution in [0.4, 0.5) is 5.00 Å². The summed E-state index contributed by atoms with van der Waals surface area (Å²) in [6.45, 7) is 0.118. The smallest absolute Gasteiger partial charge is 0.341 e. The molecule has 9 heteroatoms. The zero-order chi connectivity index (χ0) is 22.0. The molecule has 1 N–H and O–H groups in total. The third-order valence-corrected chi connectivity index (χ3v) is 5.63. The molecular weight excluding hydrogens is 422 g/mol. The van der Waals surface area contributed by atoms with Crippen molar-refractivity contribution in [1.29, 1.82) is 0 Å². The Morgan fingerprint density at radius 3 is 2.48 bits per heavy atom. The molecule has 2 heterocycles. The highest BCUT2D eigenvalue weighted by Gasteiger charge is 2.24. The lowest BCUT2D eigenvalue weighted by molar-refractivity contribution is 0.0603. The zero-order valence-corrected chi connectivity index (χ0v) is 17.8. The van der Waals surface area contributed by atoms with Crippen LogP contribution in [0.1, 0.15) is 20.7 Å². The number of methoxy groups -OCH3 is 3. The van der Waals surface area contributed by atoms with Crippen LogP contribution in [-0.2, 0) is 4.74 Å². The Balaban J connectivity index is 1.68. The minimum atomic E-state index is -0.563. The molecule has 2 aromatic carbocycles. The van der Waals surface area contributed by atoms with Crippen molar-refractivity contribution in [2.75, 3.05) is 33.4 Å². The number of anilines is 1. The number of amides is 1. The monoisotopic (exact) mass is 441 g/mol. The molecule has 160 valence electrons. The lowest BCUT2D eigenvalue weighted by Gasteiger charge is -2.11. The minimum Gasteiger partial charge on any atom is -0.493 e. The fraction of sp³-hybridized carbons (Fsp3) is 0.182. The second-order valence-corrected chi connectivity index (χ2v) is 7.32. The molecule has 3 aromatic rings. The van der Waals surface area contributed by atoms with Crippen molar-refractivity contribution in [3.63, 3.8) is 0 Å². The number of carbonyl (C=O) groups is 2. The van der Waals surface area contributed by atoms with E-state index in [1.807, 2.05) is 0 Å². The highest BCUT2D eigenvalue weighted by molar-refractivity contribution is 7.15. The summed E-state index contributed by atoms with van der Waals surface area (Å²) < 4.78 is 26.2. The first-order valence-electron chi connectivity index (χ1n) is 9.19. The molecule has 0 unspecified atom stereocenters. The number of ether oxygens (including phenoxy) is 5. The van der Waals surface area contributed by atoms with Gasteiger partial charge < -0.3 is 29.0 Å². The van der Waals surface area contributed by atoms with Gasteiger partial charge >= 0.3 is 5.97 Å². The molecule has 0 spiro atoms. The van der Waals surface area contributed by atoms with Crippen molar-refractivity contribution in [1.82, 2.24) is 0 Å². The predicted octanol–water partition coefficient (Wildman–Crippen LogP) is 4.20. The molecule has 0 saturated heterocycles. The zero-order valence-electron chi connectivity index (χ0n) is 17.0. The van der Waals surface area contributed by atoms with Crippen molar-refractivity contribution < 1.29 is 33.3 Å². The number of carbonyl (C=O) groups excluding carboxylic acids is 2. The molecule has 0 fully saturated rings. The molecule has 0 bridgehead atoms. The van der Waals surface area contributed by atoms with Crippen molar-refractivity contribution in [2.24, 2.45) is 0 Å². The van der Waals surface area contributed by atoms with Gasteiger partial charge in [-0.15, -0.1) is 11.3 Å². The lowest BCUT2D eigenvalue weighted by atomic mass is 10.0. The molecule has 31 heavy (non-hydrogen) atoms. The summed E-state index contributed by atoms with van der Waals surface area (Å²) >= 11 is 1.23. The number of esters is 1. The van der Waals surface area contributed by atoms with E-state index in [-0.39, 0.29) is 18.3 Å². The van der Waals surface area contributed by atoms with E-state index < -0.39 is 5.97 Å². The summed E-state index contributed by atoms with van der Waals surface area (Å²) in [7, 11) is 4.38. The van der Waals surface area contributed by atoms with Crippen LogP contribution in [0.15, 0.2) is 41.8 Å². The number of thiophene rings is 1. The van der Waals surface area contributed by atoms with Gasteiger partial charge in [0.05, 0.1) is 21.3 Å². The number of fused-ring (bicyclic) bond motifs is 1.